The van der Waals surface area contributed by atoms with E-state index in [1.807, 2.05) is 11.0 Å². The van der Waals surface area contributed by atoms with Gasteiger partial charge in [0.25, 0.3) is 5.91 Å². The number of benzene rings is 2. The topological polar surface area (TPSA) is 23.6 Å². The summed E-state index contributed by atoms with van der Waals surface area (Å²) < 4.78 is 14.7. The van der Waals surface area contributed by atoms with Crippen molar-refractivity contribution in [1.29, 1.82) is 0 Å². The van der Waals surface area contributed by atoms with Gasteiger partial charge in [-0.2, -0.15) is 0 Å². The molecule has 0 bridgehead atoms. The van der Waals surface area contributed by atoms with Gasteiger partial charge in [-0.05, 0) is 36.4 Å². The molecule has 1 aliphatic rings. The van der Waals surface area contributed by atoms with E-state index >= 15 is 0 Å². The molecular weight excluding hydrogens is 395 g/mol. The van der Waals surface area contributed by atoms with E-state index in [2.05, 4.69) is 20.8 Å². The summed E-state index contributed by atoms with van der Waals surface area (Å²) in [5, 5.41) is 0.618. The van der Waals surface area contributed by atoms with E-state index < -0.39 is 0 Å². The first-order chi connectivity index (χ1) is 11.5. The van der Waals surface area contributed by atoms with Gasteiger partial charge in [0.1, 0.15) is 5.82 Å². The maximum atomic E-state index is 13.9. The molecule has 3 nitrogen and oxygen atoms in total. The van der Waals surface area contributed by atoms with Crippen molar-refractivity contribution in [2.45, 2.75) is 6.54 Å². The average Bonchev–Trinajstić information content (AvgIpc) is 2.58. The molecule has 0 aliphatic carbocycles. The molecule has 126 valence electrons. The fourth-order valence-corrected chi connectivity index (χ4v) is 3.23. The van der Waals surface area contributed by atoms with Crippen molar-refractivity contribution in [3.05, 3.63) is 68.9 Å². The lowest BCUT2D eigenvalue weighted by Gasteiger charge is -2.34. The molecule has 24 heavy (non-hydrogen) atoms. The maximum absolute atomic E-state index is 13.9. The van der Waals surface area contributed by atoms with E-state index in [0.29, 0.717) is 35.8 Å². The van der Waals surface area contributed by atoms with Crippen molar-refractivity contribution in [2.75, 3.05) is 26.2 Å². The zero-order chi connectivity index (χ0) is 17.1. The lowest BCUT2D eigenvalue weighted by Crippen LogP contribution is -2.48. The van der Waals surface area contributed by atoms with Gasteiger partial charge in [0, 0.05) is 53.3 Å². The Morgan fingerprint density at radius 2 is 1.75 bits per heavy atom. The molecule has 0 unspecified atom stereocenters. The Morgan fingerprint density at radius 1 is 1.08 bits per heavy atom. The van der Waals surface area contributed by atoms with Crippen LogP contribution in [0.15, 0.2) is 46.9 Å². The normalized spacial score (nSPS) is 15.5. The third kappa shape index (κ3) is 4.15. The van der Waals surface area contributed by atoms with Crippen LogP contribution in [-0.4, -0.2) is 41.9 Å². The van der Waals surface area contributed by atoms with Crippen molar-refractivity contribution in [1.82, 2.24) is 9.80 Å². The van der Waals surface area contributed by atoms with Crippen molar-refractivity contribution in [2.24, 2.45) is 0 Å². The maximum Gasteiger partial charge on any atom is 0.253 e. The van der Waals surface area contributed by atoms with Crippen LogP contribution in [0.2, 0.25) is 5.02 Å². The second-order valence-corrected chi connectivity index (χ2v) is 7.16. The third-order valence-corrected chi connectivity index (χ3v) is 4.90. The molecule has 1 heterocycles. The second kappa shape index (κ2) is 7.64. The van der Waals surface area contributed by atoms with Crippen LogP contribution < -0.4 is 0 Å². The number of carbonyl (C=O) groups is 1. The fourth-order valence-electron chi connectivity index (χ4n) is 2.77. The van der Waals surface area contributed by atoms with E-state index in [1.54, 1.807) is 30.3 Å². The molecule has 0 atom stereocenters. The number of piperazine rings is 1. The summed E-state index contributed by atoms with van der Waals surface area (Å²) in [4.78, 5) is 16.5. The standard InChI is InChI=1S/C18H17BrClFN2O/c19-15-4-1-14(17(21)11-15)12-22-7-9-23(10-8-22)18(24)13-2-5-16(20)6-3-13/h1-6,11H,7-10,12H2. The van der Waals surface area contributed by atoms with Gasteiger partial charge in [0.05, 0.1) is 0 Å². The van der Waals surface area contributed by atoms with Crippen LogP contribution in [-0.2, 0) is 6.54 Å². The highest BCUT2D eigenvalue weighted by Gasteiger charge is 2.22. The summed E-state index contributed by atoms with van der Waals surface area (Å²) in [7, 11) is 0. The van der Waals surface area contributed by atoms with Crippen molar-refractivity contribution >= 4 is 33.4 Å². The van der Waals surface area contributed by atoms with Gasteiger partial charge in [-0.25, -0.2) is 4.39 Å². The SMILES string of the molecule is O=C(c1ccc(Cl)cc1)N1CCN(Cc2ccc(Br)cc2F)CC1. The van der Waals surface area contributed by atoms with Crippen LogP contribution in [0.1, 0.15) is 15.9 Å². The molecular formula is C18H17BrClFN2O. The van der Waals surface area contributed by atoms with Crippen LogP contribution in [0.3, 0.4) is 0 Å². The minimum absolute atomic E-state index is 0.0149. The van der Waals surface area contributed by atoms with Gasteiger partial charge in [-0.1, -0.05) is 33.6 Å². The smallest absolute Gasteiger partial charge is 0.253 e. The Morgan fingerprint density at radius 3 is 2.38 bits per heavy atom. The summed E-state index contributed by atoms with van der Waals surface area (Å²) >= 11 is 9.12. The number of carbonyl (C=O) groups excluding carboxylic acids is 1. The zero-order valence-corrected chi connectivity index (χ0v) is 15.4. The number of halogens is 3. The highest BCUT2D eigenvalue weighted by Crippen LogP contribution is 2.18. The molecule has 2 aromatic carbocycles. The Kier molecular flexibility index (Phi) is 5.54. The first kappa shape index (κ1) is 17.4. The second-order valence-electron chi connectivity index (χ2n) is 5.81. The molecule has 0 N–H and O–H groups in total. The first-order valence-corrected chi connectivity index (χ1v) is 8.91. The number of hydrogen-bond acceptors (Lipinski definition) is 2. The summed E-state index contributed by atoms with van der Waals surface area (Å²) in [6.45, 7) is 3.30. The van der Waals surface area contributed by atoms with E-state index in [-0.39, 0.29) is 11.7 Å². The molecule has 6 heteroatoms. The highest BCUT2D eigenvalue weighted by molar-refractivity contribution is 9.10. The molecule has 0 spiro atoms. The molecule has 0 saturated carbocycles. The predicted octanol–water partition coefficient (Wildman–Crippen LogP) is 4.20. The van der Waals surface area contributed by atoms with Gasteiger partial charge in [0.2, 0.25) is 0 Å². The predicted molar refractivity (Wildman–Crippen MR) is 96.7 cm³/mol. The Hall–Kier alpha value is -1.43. The Balaban J connectivity index is 1.57. The summed E-state index contributed by atoms with van der Waals surface area (Å²) in [6, 6.07) is 12.1. The highest BCUT2D eigenvalue weighted by atomic mass is 79.9. The largest absolute Gasteiger partial charge is 0.336 e. The fraction of sp³-hybridized carbons (Fsp3) is 0.278. The van der Waals surface area contributed by atoms with E-state index in [9.17, 15) is 9.18 Å². The molecule has 3 rings (SSSR count). The molecule has 1 amide bonds. The molecule has 1 fully saturated rings. The minimum Gasteiger partial charge on any atom is -0.336 e. The molecule has 0 aromatic heterocycles. The third-order valence-electron chi connectivity index (χ3n) is 4.16. The Bertz CT molecular complexity index is 730. The van der Waals surface area contributed by atoms with Gasteiger partial charge >= 0.3 is 0 Å². The van der Waals surface area contributed by atoms with Gasteiger partial charge in [-0.3, -0.25) is 9.69 Å². The average molecular weight is 412 g/mol. The number of hydrogen-bond donors (Lipinski definition) is 0. The zero-order valence-electron chi connectivity index (χ0n) is 13.0. The van der Waals surface area contributed by atoms with Crippen molar-refractivity contribution in [3.8, 4) is 0 Å². The van der Waals surface area contributed by atoms with Gasteiger partial charge in [0.15, 0.2) is 0 Å². The van der Waals surface area contributed by atoms with Gasteiger partial charge in [-0.15, -0.1) is 0 Å². The quantitative estimate of drug-likeness (QED) is 0.756. The molecule has 1 aliphatic heterocycles. The van der Waals surface area contributed by atoms with Crippen molar-refractivity contribution < 1.29 is 9.18 Å². The summed E-state index contributed by atoms with van der Waals surface area (Å²) in [6.07, 6.45) is 0. The number of rotatable bonds is 3. The monoisotopic (exact) mass is 410 g/mol. The molecule has 2 aromatic rings. The lowest BCUT2D eigenvalue weighted by molar-refractivity contribution is 0.0627. The van der Waals surface area contributed by atoms with E-state index in [4.69, 9.17) is 11.6 Å². The first-order valence-electron chi connectivity index (χ1n) is 7.74. The number of nitrogens with zero attached hydrogens (tertiary/aromatic N) is 2. The number of amides is 1. The molecule has 1 saturated heterocycles. The van der Waals surface area contributed by atoms with Crippen LogP contribution in [0.4, 0.5) is 4.39 Å². The van der Waals surface area contributed by atoms with E-state index in [1.165, 1.54) is 6.07 Å². The Labute approximate surface area is 154 Å². The van der Waals surface area contributed by atoms with Crippen LogP contribution >= 0.6 is 27.5 Å². The summed E-state index contributed by atoms with van der Waals surface area (Å²) in [5.41, 5.74) is 1.32. The summed E-state index contributed by atoms with van der Waals surface area (Å²) in [5.74, 6) is -0.190. The van der Waals surface area contributed by atoms with Crippen LogP contribution in [0, 0.1) is 5.82 Å². The van der Waals surface area contributed by atoms with Crippen molar-refractivity contribution in [3.63, 3.8) is 0 Å². The molecule has 0 radical (unpaired) electrons. The van der Waals surface area contributed by atoms with Gasteiger partial charge < -0.3 is 4.90 Å². The van der Waals surface area contributed by atoms with Crippen LogP contribution in [0.25, 0.3) is 0 Å². The lowest BCUT2D eigenvalue weighted by atomic mass is 10.1. The van der Waals surface area contributed by atoms with E-state index in [0.717, 1.165) is 17.6 Å². The minimum atomic E-state index is -0.205. The van der Waals surface area contributed by atoms with Crippen LogP contribution in [0.5, 0.6) is 0 Å².